The van der Waals surface area contributed by atoms with Gasteiger partial charge in [0.05, 0.1) is 18.0 Å². The van der Waals surface area contributed by atoms with E-state index < -0.39 is 11.9 Å². The maximum Gasteiger partial charge on any atom is 0.308 e. The predicted molar refractivity (Wildman–Crippen MR) is 63.3 cm³/mol. The van der Waals surface area contributed by atoms with Crippen LogP contribution in [0.4, 0.5) is 0 Å². The first-order chi connectivity index (χ1) is 7.93. The highest BCUT2D eigenvalue weighted by Crippen LogP contribution is 2.36. The summed E-state index contributed by atoms with van der Waals surface area (Å²) in [5, 5.41) is 8.69. The topological polar surface area (TPSA) is 72.8 Å². The van der Waals surface area contributed by atoms with Gasteiger partial charge in [-0.1, -0.05) is 0 Å². The first-order valence-corrected chi connectivity index (χ1v) is 5.50. The predicted octanol–water partition coefficient (Wildman–Crippen LogP) is 2.01. The molecule has 1 rings (SSSR count). The molecule has 0 unspecified atom stereocenters. The van der Waals surface area contributed by atoms with E-state index in [0.29, 0.717) is 15.8 Å². The average molecular weight is 303 g/mol. The molecule has 0 atom stereocenters. The van der Waals surface area contributed by atoms with Crippen molar-refractivity contribution in [2.45, 2.75) is 13.3 Å². The van der Waals surface area contributed by atoms with Crippen molar-refractivity contribution in [3.8, 4) is 11.5 Å². The quantitative estimate of drug-likeness (QED) is 0.680. The summed E-state index contributed by atoms with van der Waals surface area (Å²) < 4.78 is 10.5. The fourth-order valence-corrected chi connectivity index (χ4v) is 1.86. The van der Waals surface area contributed by atoms with Crippen LogP contribution in [0, 0.1) is 0 Å². The van der Waals surface area contributed by atoms with Crippen molar-refractivity contribution >= 4 is 27.9 Å². The lowest BCUT2D eigenvalue weighted by atomic mass is 10.1. The number of rotatable bonds is 4. The smallest absolute Gasteiger partial charge is 0.308 e. The molecule has 0 aromatic heterocycles. The van der Waals surface area contributed by atoms with Crippen molar-refractivity contribution in [3.05, 3.63) is 22.2 Å². The Balaban J connectivity index is 3.15. The largest absolute Gasteiger partial charge is 0.493 e. The number of carboxylic acids is 1. The first kappa shape index (κ1) is 13.5. The molecule has 1 N–H and O–H groups in total. The maximum absolute atomic E-state index is 10.9. The van der Waals surface area contributed by atoms with Crippen LogP contribution in [0.3, 0.4) is 0 Å². The van der Waals surface area contributed by atoms with Crippen LogP contribution in [0.1, 0.15) is 12.5 Å². The Hall–Kier alpha value is -1.56. The lowest BCUT2D eigenvalue weighted by Crippen LogP contribution is -2.05. The zero-order valence-electron chi connectivity index (χ0n) is 9.32. The summed E-state index contributed by atoms with van der Waals surface area (Å²) in [5.41, 5.74) is 0.553. The molecular weight excluding hydrogens is 292 g/mol. The molecule has 5 nitrogen and oxygen atoms in total. The Labute approximate surface area is 106 Å². The summed E-state index contributed by atoms with van der Waals surface area (Å²) in [7, 11) is 1.42. The molecule has 0 aliphatic heterocycles. The van der Waals surface area contributed by atoms with Gasteiger partial charge in [-0.25, -0.2) is 0 Å². The summed E-state index contributed by atoms with van der Waals surface area (Å²) in [4.78, 5) is 21.5. The number of carboxylic acid groups (broad SMARTS) is 1. The Morgan fingerprint density at radius 2 is 2.06 bits per heavy atom. The third-order valence-electron chi connectivity index (χ3n) is 1.89. The number of halogens is 1. The standard InChI is InChI=1S/C11H11BrO5/c1-6(13)17-11-8(12)3-7(5-10(14)15)4-9(11)16-2/h3-4H,5H2,1-2H3,(H,14,15). The fourth-order valence-electron chi connectivity index (χ4n) is 1.29. The zero-order chi connectivity index (χ0) is 13.0. The maximum atomic E-state index is 10.9. The number of carbonyl (C=O) groups excluding carboxylic acids is 1. The van der Waals surface area contributed by atoms with E-state index in [2.05, 4.69) is 15.9 Å². The van der Waals surface area contributed by atoms with E-state index in [-0.39, 0.29) is 12.2 Å². The number of ether oxygens (including phenoxy) is 2. The van der Waals surface area contributed by atoms with Crippen molar-refractivity contribution in [2.75, 3.05) is 7.11 Å². The number of carbonyl (C=O) groups is 2. The lowest BCUT2D eigenvalue weighted by Gasteiger charge is -2.11. The van der Waals surface area contributed by atoms with Crippen LogP contribution < -0.4 is 9.47 Å². The molecular formula is C11H11BrO5. The van der Waals surface area contributed by atoms with Crippen molar-refractivity contribution in [1.29, 1.82) is 0 Å². The Morgan fingerprint density at radius 1 is 1.41 bits per heavy atom. The van der Waals surface area contributed by atoms with E-state index in [1.165, 1.54) is 20.1 Å². The second-order valence-corrected chi connectivity index (χ2v) is 4.13. The minimum Gasteiger partial charge on any atom is -0.493 e. The van der Waals surface area contributed by atoms with E-state index in [1.54, 1.807) is 6.07 Å². The summed E-state index contributed by atoms with van der Waals surface area (Å²) in [6.45, 7) is 1.27. The van der Waals surface area contributed by atoms with Gasteiger partial charge in [-0.15, -0.1) is 0 Å². The summed E-state index contributed by atoms with van der Waals surface area (Å²) in [6.07, 6.45) is -0.130. The minimum absolute atomic E-state index is 0.130. The monoisotopic (exact) mass is 302 g/mol. The number of hydrogen-bond acceptors (Lipinski definition) is 4. The van der Waals surface area contributed by atoms with E-state index in [1.807, 2.05) is 0 Å². The molecule has 0 fully saturated rings. The molecule has 0 heterocycles. The fraction of sp³-hybridized carbons (Fsp3) is 0.273. The Kier molecular flexibility index (Phi) is 4.51. The van der Waals surface area contributed by atoms with E-state index >= 15 is 0 Å². The van der Waals surface area contributed by atoms with Gasteiger partial charge in [-0.3, -0.25) is 9.59 Å². The van der Waals surface area contributed by atoms with Gasteiger partial charge in [0.1, 0.15) is 0 Å². The number of benzene rings is 1. The van der Waals surface area contributed by atoms with Crippen LogP contribution in [0.2, 0.25) is 0 Å². The van der Waals surface area contributed by atoms with Gasteiger partial charge in [-0.05, 0) is 33.6 Å². The van der Waals surface area contributed by atoms with Gasteiger partial charge in [0.2, 0.25) is 0 Å². The third-order valence-corrected chi connectivity index (χ3v) is 2.48. The van der Waals surface area contributed by atoms with Gasteiger partial charge in [0.15, 0.2) is 11.5 Å². The first-order valence-electron chi connectivity index (χ1n) is 4.70. The highest BCUT2D eigenvalue weighted by atomic mass is 79.9. The third kappa shape index (κ3) is 3.74. The SMILES string of the molecule is COc1cc(CC(=O)O)cc(Br)c1OC(C)=O. The van der Waals surface area contributed by atoms with E-state index in [4.69, 9.17) is 14.6 Å². The van der Waals surface area contributed by atoms with E-state index in [0.717, 1.165) is 0 Å². The molecule has 6 heteroatoms. The molecule has 0 radical (unpaired) electrons. The molecule has 0 aliphatic carbocycles. The van der Waals surface area contributed by atoms with Crippen molar-refractivity contribution in [3.63, 3.8) is 0 Å². The van der Waals surface area contributed by atoms with Crippen LogP contribution in [-0.4, -0.2) is 24.2 Å². The van der Waals surface area contributed by atoms with Crippen molar-refractivity contribution in [1.82, 2.24) is 0 Å². The van der Waals surface area contributed by atoms with Crippen LogP contribution in [0.15, 0.2) is 16.6 Å². The highest BCUT2D eigenvalue weighted by Gasteiger charge is 2.14. The second kappa shape index (κ2) is 5.67. The summed E-state index contributed by atoms with van der Waals surface area (Å²) >= 11 is 3.21. The molecule has 0 aliphatic rings. The van der Waals surface area contributed by atoms with Gasteiger partial charge in [-0.2, -0.15) is 0 Å². The minimum atomic E-state index is -0.945. The number of esters is 1. The molecule has 0 saturated carbocycles. The number of methoxy groups -OCH3 is 1. The molecule has 92 valence electrons. The van der Waals surface area contributed by atoms with Gasteiger partial charge in [0.25, 0.3) is 0 Å². The molecule has 1 aromatic rings. The van der Waals surface area contributed by atoms with Crippen molar-refractivity contribution < 1.29 is 24.2 Å². The number of hydrogen-bond donors (Lipinski definition) is 1. The summed E-state index contributed by atoms with van der Waals surface area (Å²) in [5.74, 6) is -0.867. The lowest BCUT2D eigenvalue weighted by molar-refractivity contribution is -0.136. The normalized spacial score (nSPS) is 9.82. The van der Waals surface area contributed by atoms with Crippen LogP contribution in [-0.2, 0) is 16.0 Å². The van der Waals surface area contributed by atoms with E-state index in [9.17, 15) is 9.59 Å². The molecule has 17 heavy (non-hydrogen) atoms. The second-order valence-electron chi connectivity index (χ2n) is 3.27. The summed E-state index contributed by atoms with van der Waals surface area (Å²) in [6, 6.07) is 3.10. The zero-order valence-corrected chi connectivity index (χ0v) is 10.9. The Bertz CT molecular complexity index is 455. The van der Waals surface area contributed by atoms with Crippen LogP contribution in [0.5, 0.6) is 11.5 Å². The molecule has 1 aromatic carbocycles. The molecule has 0 saturated heterocycles. The number of aliphatic carboxylic acids is 1. The molecule has 0 amide bonds. The Morgan fingerprint density at radius 3 is 2.53 bits per heavy atom. The van der Waals surface area contributed by atoms with Crippen LogP contribution >= 0.6 is 15.9 Å². The van der Waals surface area contributed by atoms with Gasteiger partial charge >= 0.3 is 11.9 Å². The van der Waals surface area contributed by atoms with Gasteiger partial charge < -0.3 is 14.6 Å². The van der Waals surface area contributed by atoms with Crippen LogP contribution in [0.25, 0.3) is 0 Å². The highest BCUT2D eigenvalue weighted by molar-refractivity contribution is 9.10. The average Bonchev–Trinajstić information content (AvgIpc) is 2.20. The molecule has 0 spiro atoms. The molecule has 0 bridgehead atoms. The van der Waals surface area contributed by atoms with Gasteiger partial charge in [0, 0.05) is 6.92 Å². The van der Waals surface area contributed by atoms with Crippen molar-refractivity contribution in [2.24, 2.45) is 0 Å².